The fourth-order valence-corrected chi connectivity index (χ4v) is 9.65. The molecule has 17 heteroatoms. The van der Waals surface area contributed by atoms with E-state index >= 15 is 0 Å². The first-order valence-electron chi connectivity index (χ1n) is 17.1. The van der Waals surface area contributed by atoms with Crippen LogP contribution in [0.5, 0.6) is 0 Å². The van der Waals surface area contributed by atoms with Crippen molar-refractivity contribution < 1.29 is 43.4 Å². The summed E-state index contributed by atoms with van der Waals surface area (Å²) in [4.78, 5) is 96.4. The number of allylic oxidation sites excluding steroid dienone is 2. The zero-order valence-corrected chi connectivity index (χ0v) is 35.1. The molecule has 1 saturated heterocycles. The van der Waals surface area contributed by atoms with Gasteiger partial charge in [-0.3, -0.25) is 24.1 Å². The second-order valence-corrected chi connectivity index (χ2v) is 20.2. The summed E-state index contributed by atoms with van der Waals surface area (Å²) in [6.45, 7) is 7.48. The van der Waals surface area contributed by atoms with Crippen molar-refractivity contribution in [2.45, 2.75) is 91.1 Å². The Balaban J connectivity index is 1.74. The predicted octanol–water partition coefficient (Wildman–Crippen LogP) is 1.25. The number of carboxylic acid groups (broad SMARTS) is 1. The molecule has 6 unspecified atom stereocenters. The Morgan fingerprint density at radius 3 is 2.30 bits per heavy atom. The van der Waals surface area contributed by atoms with E-state index in [1.165, 1.54) is 4.90 Å². The van der Waals surface area contributed by atoms with Crippen LogP contribution in [0.2, 0.25) is 0 Å². The number of ether oxygens (including phenoxy) is 1. The van der Waals surface area contributed by atoms with Crippen molar-refractivity contribution in [1.29, 1.82) is 0 Å². The van der Waals surface area contributed by atoms with Crippen LogP contribution in [-0.4, -0.2) is 109 Å². The molecule has 1 saturated carbocycles. The number of likely N-dealkylation sites (tertiary alicyclic amines) is 1. The molecule has 0 aromatic rings. The van der Waals surface area contributed by atoms with Gasteiger partial charge in [-0.1, -0.05) is 25.5 Å². The summed E-state index contributed by atoms with van der Waals surface area (Å²) < 4.78 is 8.24. The number of aliphatic carboxylic acids is 1. The summed E-state index contributed by atoms with van der Waals surface area (Å²) in [6.07, 6.45) is 5.28. The molecule has 2 aliphatic carbocycles. The SMILES string of the molecule is CCCCOC(=O)C[C@H](NC(=O)C(CCCN=C(N)[NH][Pb][I])NC(=O)C(C)(C)C(C)CN1C(=O)C2C3C=CC(C3)C2C1=O)C(=O)CCC(=O)O. The first-order valence-corrected chi connectivity index (χ1v) is 30.0. The number of carboxylic acids is 1. The van der Waals surface area contributed by atoms with Gasteiger partial charge in [-0.2, -0.15) is 0 Å². The smallest absolute Gasteiger partial charge is 0.481 e. The number of halogens is 1. The number of unbranched alkanes of at least 4 members (excludes halogenated alkanes) is 1. The van der Waals surface area contributed by atoms with Crippen LogP contribution < -0.4 is 19.5 Å². The maximum absolute atomic E-state index is 13.9. The van der Waals surface area contributed by atoms with Crippen LogP contribution in [0, 0.1) is 35.0 Å². The number of Topliss-reactive ketones (excluding diaryl/α,β-unsaturated/α-hetero) is 1. The number of nitrogens with zero attached hydrogens (tertiary/aromatic N) is 2. The third-order valence-corrected chi connectivity index (χ3v) is 13.7. The molecule has 2 bridgehead atoms. The van der Waals surface area contributed by atoms with Gasteiger partial charge in [-0.25, -0.2) is 0 Å². The number of aliphatic imine (C=N–C) groups is 1. The van der Waals surface area contributed by atoms with Crippen LogP contribution in [0.25, 0.3) is 0 Å². The number of esters is 1. The van der Waals surface area contributed by atoms with Gasteiger partial charge < -0.3 is 9.84 Å². The van der Waals surface area contributed by atoms with Crippen molar-refractivity contribution in [3.8, 4) is 0 Å². The molecule has 2 fully saturated rings. The van der Waals surface area contributed by atoms with Crippen molar-refractivity contribution in [3.05, 3.63) is 12.2 Å². The van der Waals surface area contributed by atoms with Crippen LogP contribution in [-0.2, 0) is 38.3 Å². The summed E-state index contributed by atoms with van der Waals surface area (Å²) in [5.41, 5.74) is 4.72. The van der Waals surface area contributed by atoms with E-state index in [1.54, 1.807) is 20.8 Å². The van der Waals surface area contributed by atoms with E-state index in [0.29, 0.717) is 18.8 Å². The van der Waals surface area contributed by atoms with E-state index < -0.39 is 92.5 Å². The van der Waals surface area contributed by atoms with Crippen molar-refractivity contribution in [2.24, 2.45) is 45.7 Å². The second kappa shape index (κ2) is 19.3. The summed E-state index contributed by atoms with van der Waals surface area (Å²) in [5.74, 6) is -5.01. The number of guanidine groups is 1. The summed E-state index contributed by atoms with van der Waals surface area (Å²) in [6, 6.07) is -2.53. The molecule has 276 valence electrons. The number of carbonyl (C=O) groups is 7. The average Bonchev–Trinajstić information content (AvgIpc) is 3.75. The Hall–Kier alpha value is -2.65. The van der Waals surface area contributed by atoms with Gasteiger partial charge in [0.2, 0.25) is 11.8 Å². The monoisotopic (exact) mass is 1010 g/mol. The Bertz CT molecular complexity index is 1340. The van der Waals surface area contributed by atoms with E-state index in [9.17, 15) is 33.6 Å². The fraction of sp³-hybridized carbons (Fsp3) is 0.697. The Morgan fingerprint density at radius 2 is 1.72 bits per heavy atom. The number of ketones is 1. The molecule has 50 heavy (non-hydrogen) atoms. The van der Waals surface area contributed by atoms with Gasteiger partial charge in [-0.05, 0) is 24.7 Å². The summed E-state index contributed by atoms with van der Waals surface area (Å²) in [7, 11) is 0. The average molecular weight is 1010 g/mol. The van der Waals surface area contributed by atoms with E-state index in [4.69, 9.17) is 15.6 Å². The molecule has 3 aliphatic rings. The van der Waals surface area contributed by atoms with Crippen LogP contribution in [0.3, 0.4) is 0 Å². The number of hydrogen-bond acceptors (Lipinski definition) is 9. The van der Waals surface area contributed by atoms with E-state index in [0.717, 1.165) is 12.8 Å². The third-order valence-electron chi connectivity index (χ3n) is 9.99. The first-order chi connectivity index (χ1) is 23.6. The van der Waals surface area contributed by atoms with Gasteiger partial charge in [0, 0.05) is 0 Å². The number of rotatable bonds is 21. The van der Waals surface area contributed by atoms with Crippen molar-refractivity contribution in [1.82, 2.24) is 18.7 Å². The molecule has 2 radical (unpaired) electrons. The summed E-state index contributed by atoms with van der Waals surface area (Å²) >= 11 is 1.19. The molecule has 1 aliphatic heterocycles. The van der Waals surface area contributed by atoms with Gasteiger partial charge in [0.1, 0.15) is 0 Å². The Morgan fingerprint density at radius 1 is 1.08 bits per heavy atom. The van der Waals surface area contributed by atoms with Gasteiger partial charge in [0.15, 0.2) is 0 Å². The zero-order chi connectivity index (χ0) is 37.2. The maximum atomic E-state index is 13.9. The number of nitrogens with one attached hydrogen (secondary N) is 3. The number of amides is 4. The van der Waals surface area contributed by atoms with E-state index in [1.807, 2.05) is 19.1 Å². The molecule has 6 N–H and O–H groups in total. The number of imide groups is 1. The van der Waals surface area contributed by atoms with Gasteiger partial charge in [-0.15, -0.1) is 0 Å². The van der Waals surface area contributed by atoms with Crippen molar-refractivity contribution in [3.63, 3.8) is 0 Å². The molecule has 0 spiro atoms. The van der Waals surface area contributed by atoms with Crippen LogP contribution in [0.4, 0.5) is 0 Å². The van der Waals surface area contributed by atoms with Gasteiger partial charge in [0.05, 0.1) is 24.9 Å². The third kappa shape index (κ3) is 10.9. The predicted molar refractivity (Wildman–Crippen MR) is 192 cm³/mol. The van der Waals surface area contributed by atoms with Crippen LogP contribution in [0.1, 0.15) is 79.1 Å². The number of nitrogens with two attached hydrogens (primary N) is 1. The number of fused-ring (bicyclic) bond motifs is 5. The van der Waals surface area contributed by atoms with Crippen LogP contribution in [0.15, 0.2) is 17.1 Å². The molecular formula is C33H49IN6O9Pb. The zero-order valence-electron chi connectivity index (χ0n) is 29.0. The molecule has 0 aromatic heterocycles. The standard InChI is InChI=1S/C33H50N6O9.HI.Pb/c1-5-6-14-48-25(43)16-22(23(40)11-12-24(41)42)37-28(44)21(8-7-13-36-32(34)35)38-31(47)33(3,4)18(2)17-39-29(45)26-19-9-10-20(15-19)27(26)30(39)46;;/h9-10,18-22,26-27H,5-8,11-17H2,1-4H3,(H7,34,35,36,37,38,41,42,44,47);1H;/q;;+2/p-2/t18?,19?,20?,21?,22-,26?,27?;;/m0../s1. The normalized spacial score (nSPS) is 22.9. The van der Waals surface area contributed by atoms with Crippen molar-refractivity contribution >= 4 is 85.3 Å². The number of hydrogen-bond donors (Lipinski definition) is 5. The molecule has 0 aromatic carbocycles. The number of carbonyl (C=O) groups excluding carboxylic acids is 6. The van der Waals surface area contributed by atoms with Crippen molar-refractivity contribution in [2.75, 3.05) is 19.7 Å². The molecule has 7 atom stereocenters. The second-order valence-electron chi connectivity index (χ2n) is 13.8. The topological polar surface area (TPSA) is 227 Å². The first kappa shape index (κ1) is 41.8. The Kier molecular flexibility index (Phi) is 16.1. The molecule has 15 nitrogen and oxygen atoms in total. The van der Waals surface area contributed by atoms with E-state index in [2.05, 4.69) is 36.5 Å². The molecule has 4 amide bonds. The quantitative estimate of drug-likeness (QED) is 0.0161. The Labute approximate surface area is 314 Å². The molecular weight excluding hydrogens is 958 g/mol. The molecule has 1 heterocycles. The minimum Gasteiger partial charge on any atom is -0.481 e. The van der Waals surface area contributed by atoms with Crippen LogP contribution >= 0.6 is 17.8 Å². The van der Waals surface area contributed by atoms with Gasteiger partial charge in [0.25, 0.3) is 0 Å². The molecule has 3 rings (SSSR count). The van der Waals surface area contributed by atoms with E-state index in [-0.39, 0.29) is 61.6 Å². The minimum absolute atomic E-state index is 0.0458. The fourth-order valence-electron chi connectivity index (χ4n) is 6.54. The summed E-state index contributed by atoms with van der Waals surface area (Å²) in [5, 5.41) is 14.4. The van der Waals surface area contributed by atoms with Gasteiger partial charge >= 0.3 is 195 Å². The minimum atomic E-state index is -1.37.